The Morgan fingerprint density at radius 2 is 2.24 bits per heavy atom. The highest BCUT2D eigenvalue weighted by molar-refractivity contribution is 5.74. The van der Waals surface area contributed by atoms with Crippen molar-refractivity contribution in [3.8, 4) is 0 Å². The van der Waals surface area contributed by atoms with Crippen molar-refractivity contribution in [2.45, 2.75) is 51.6 Å². The predicted octanol–water partition coefficient (Wildman–Crippen LogP) is 1.85. The number of urea groups is 1. The highest BCUT2D eigenvalue weighted by Crippen LogP contribution is 2.17. The summed E-state index contributed by atoms with van der Waals surface area (Å²) in [6.45, 7) is 2.48. The minimum absolute atomic E-state index is 0.0718. The van der Waals surface area contributed by atoms with E-state index >= 15 is 0 Å². The second kappa shape index (κ2) is 5.70. The van der Waals surface area contributed by atoms with E-state index in [0.717, 1.165) is 24.1 Å². The van der Waals surface area contributed by atoms with Gasteiger partial charge in [0.05, 0.1) is 6.20 Å². The van der Waals surface area contributed by atoms with Crippen LogP contribution in [0.25, 0.3) is 0 Å². The van der Waals surface area contributed by atoms with Crippen molar-refractivity contribution in [3.05, 3.63) is 17.5 Å². The molecule has 2 rings (SSSR count). The number of amides is 2. The van der Waals surface area contributed by atoms with Crippen molar-refractivity contribution >= 4 is 6.03 Å². The second-order valence-electron chi connectivity index (χ2n) is 4.68. The minimum atomic E-state index is -0.0718. The Morgan fingerprint density at radius 1 is 1.47 bits per heavy atom. The molecule has 0 spiro atoms. The zero-order valence-electron chi connectivity index (χ0n) is 10.3. The van der Waals surface area contributed by atoms with Gasteiger partial charge in [0, 0.05) is 23.8 Å². The molecule has 17 heavy (non-hydrogen) atoms. The molecule has 3 N–H and O–H groups in total. The summed E-state index contributed by atoms with van der Waals surface area (Å²) in [5.74, 6) is 0. The fourth-order valence-corrected chi connectivity index (χ4v) is 2.21. The molecule has 5 heteroatoms. The third-order valence-electron chi connectivity index (χ3n) is 3.31. The van der Waals surface area contributed by atoms with Crippen LogP contribution in [-0.4, -0.2) is 22.3 Å². The van der Waals surface area contributed by atoms with Crippen LogP contribution in [0.5, 0.6) is 0 Å². The van der Waals surface area contributed by atoms with E-state index in [1.54, 1.807) is 6.20 Å². The molecule has 1 aliphatic carbocycles. The average Bonchev–Trinajstić information content (AvgIpc) is 2.74. The molecule has 1 aliphatic rings. The highest BCUT2D eigenvalue weighted by Gasteiger charge is 2.15. The molecular formula is C12H20N4O. The molecule has 0 atom stereocenters. The topological polar surface area (TPSA) is 69.8 Å². The van der Waals surface area contributed by atoms with Gasteiger partial charge in [-0.3, -0.25) is 5.10 Å². The van der Waals surface area contributed by atoms with Crippen LogP contribution in [0.4, 0.5) is 4.79 Å². The van der Waals surface area contributed by atoms with Gasteiger partial charge in [0.15, 0.2) is 0 Å². The molecule has 1 aromatic rings. The van der Waals surface area contributed by atoms with E-state index in [9.17, 15) is 4.79 Å². The summed E-state index contributed by atoms with van der Waals surface area (Å²) in [6, 6.07) is 0.284. The van der Waals surface area contributed by atoms with Crippen LogP contribution >= 0.6 is 0 Å². The zero-order chi connectivity index (χ0) is 12.1. The fraction of sp³-hybridized carbons (Fsp3) is 0.667. The molecule has 5 nitrogen and oxygen atoms in total. The van der Waals surface area contributed by atoms with Crippen LogP contribution < -0.4 is 10.6 Å². The van der Waals surface area contributed by atoms with Gasteiger partial charge >= 0.3 is 6.03 Å². The number of aryl methyl sites for hydroxylation is 1. The summed E-state index contributed by atoms with van der Waals surface area (Å²) in [5.41, 5.74) is 2.03. The summed E-state index contributed by atoms with van der Waals surface area (Å²) in [5, 5.41) is 12.7. The molecular weight excluding hydrogens is 216 g/mol. The monoisotopic (exact) mass is 236 g/mol. The molecule has 1 fully saturated rings. The molecule has 0 radical (unpaired) electrons. The van der Waals surface area contributed by atoms with Crippen LogP contribution in [0.15, 0.2) is 6.20 Å². The first-order valence-electron chi connectivity index (χ1n) is 6.29. The number of aromatic nitrogens is 2. The molecule has 0 aromatic carbocycles. The van der Waals surface area contributed by atoms with E-state index in [1.807, 2.05) is 6.92 Å². The largest absolute Gasteiger partial charge is 0.335 e. The molecule has 94 valence electrons. The third-order valence-corrected chi connectivity index (χ3v) is 3.31. The fourth-order valence-electron chi connectivity index (χ4n) is 2.21. The van der Waals surface area contributed by atoms with Crippen LogP contribution in [-0.2, 0) is 6.54 Å². The number of hydrogen-bond acceptors (Lipinski definition) is 2. The van der Waals surface area contributed by atoms with Crippen LogP contribution in [0.1, 0.15) is 43.4 Å². The number of carbonyl (C=O) groups excluding carboxylic acids is 1. The minimum Gasteiger partial charge on any atom is -0.335 e. The molecule has 0 unspecified atom stereocenters. The van der Waals surface area contributed by atoms with Crippen LogP contribution in [0, 0.1) is 6.92 Å². The normalized spacial score (nSPS) is 16.8. The molecule has 0 bridgehead atoms. The van der Waals surface area contributed by atoms with E-state index < -0.39 is 0 Å². The quantitative estimate of drug-likeness (QED) is 0.749. The maximum Gasteiger partial charge on any atom is 0.315 e. The Hall–Kier alpha value is -1.52. The molecule has 1 saturated carbocycles. The first-order chi connectivity index (χ1) is 8.25. The number of rotatable bonds is 3. The van der Waals surface area contributed by atoms with E-state index in [0.29, 0.717) is 12.6 Å². The van der Waals surface area contributed by atoms with E-state index in [2.05, 4.69) is 20.8 Å². The maximum absolute atomic E-state index is 11.7. The van der Waals surface area contributed by atoms with Gasteiger partial charge in [-0.2, -0.15) is 5.10 Å². The Morgan fingerprint density at radius 3 is 2.88 bits per heavy atom. The summed E-state index contributed by atoms with van der Waals surface area (Å²) in [7, 11) is 0. The first kappa shape index (κ1) is 12.0. The van der Waals surface area contributed by atoms with Crippen molar-refractivity contribution in [3.63, 3.8) is 0 Å². The van der Waals surface area contributed by atoms with Crippen molar-refractivity contribution in [2.75, 3.05) is 0 Å². The van der Waals surface area contributed by atoms with E-state index in [4.69, 9.17) is 0 Å². The molecule has 0 aliphatic heterocycles. The lowest BCUT2D eigenvalue weighted by Gasteiger charge is -2.22. The van der Waals surface area contributed by atoms with Crippen LogP contribution in [0.3, 0.4) is 0 Å². The van der Waals surface area contributed by atoms with Crippen molar-refractivity contribution in [2.24, 2.45) is 0 Å². The SMILES string of the molecule is Cc1[nH]ncc1CNC(=O)NC1CCCCC1. The highest BCUT2D eigenvalue weighted by atomic mass is 16.2. The van der Waals surface area contributed by atoms with Gasteiger partial charge in [0.1, 0.15) is 0 Å². The number of carbonyl (C=O) groups is 1. The van der Waals surface area contributed by atoms with Crippen LogP contribution in [0.2, 0.25) is 0 Å². The standard InChI is InChI=1S/C12H20N4O/c1-9-10(8-14-16-9)7-13-12(17)15-11-5-3-2-4-6-11/h8,11H,2-7H2,1H3,(H,14,16)(H2,13,15,17). The zero-order valence-corrected chi connectivity index (χ0v) is 10.3. The van der Waals surface area contributed by atoms with E-state index in [-0.39, 0.29) is 6.03 Å². The van der Waals surface area contributed by atoms with Crippen molar-refractivity contribution < 1.29 is 4.79 Å². The second-order valence-corrected chi connectivity index (χ2v) is 4.68. The van der Waals surface area contributed by atoms with Crippen molar-refractivity contribution in [1.82, 2.24) is 20.8 Å². The Labute approximate surface area is 101 Å². The number of hydrogen-bond donors (Lipinski definition) is 3. The lowest BCUT2D eigenvalue weighted by atomic mass is 9.96. The maximum atomic E-state index is 11.7. The van der Waals surface area contributed by atoms with Gasteiger partial charge in [0.25, 0.3) is 0 Å². The molecule has 1 aromatic heterocycles. The van der Waals surface area contributed by atoms with Gasteiger partial charge in [-0.15, -0.1) is 0 Å². The number of H-pyrrole nitrogens is 1. The Kier molecular flexibility index (Phi) is 4.01. The molecule has 2 amide bonds. The lowest BCUT2D eigenvalue weighted by Crippen LogP contribution is -2.42. The van der Waals surface area contributed by atoms with Gasteiger partial charge in [0.2, 0.25) is 0 Å². The lowest BCUT2D eigenvalue weighted by molar-refractivity contribution is 0.232. The van der Waals surface area contributed by atoms with Gasteiger partial charge in [-0.05, 0) is 19.8 Å². The summed E-state index contributed by atoms with van der Waals surface area (Å²) in [6.07, 6.45) is 7.72. The number of nitrogens with zero attached hydrogens (tertiary/aromatic N) is 1. The van der Waals surface area contributed by atoms with Gasteiger partial charge in [-0.1, -0.05) is 19.3 Å². The number of nitrogens with one attached hydrogen (secondary N) is 3. The van der Waals surface area contributed by atoms with Crippen molar-refractivity contribution in [1.29, 1.82) is 0 Å². The van der Waals surface area contributed by atoms with E-state index in [1.165, 1.54) is 19.3 Å². The first-order valence-corrected chi connectivity index (χ1v) is 6.29. The summed E-state index contributed by atoms with van der Waals surface area (Å²) < 4.78 is 0. The summed E-state index contributed by atoms with van der Waals surface area (Å²) in [4.78, 5) is 11.7. The third kappa shape index (κ3) is 3.47. The number of aromatic amines is 1. The average molecular weight is 236 g/mol. The molecule has 0 saturated heterocycles. The Balaban J connectivity index is 1.72. The van der Waals surface area contributed by atoms with Gasteiger partial charge < -0.3 is 10.6 Å². The predicted molar refractivity (Wildman–Crippen MR) is 65.6 cm³/mol. The smallest absolute Gasteiger partial charge is 0.315 e. The summed E-state index contributed by atoms with van der Waals surface area (Å²) >= 11 is 0. The van der Waals surface area contributed by atoms with Gasteiger partial charge in [-0.25, -0.2) is 4.79 Å². The Bertz CT molecular complexity index is 368. The molecule has 1 heterocycles.